The average molecular weight is 242 g/mol. The standard InChI is InChI=1S/C16H22N2/c1-12-6-7-14(11-17)16(10-12)18-9-8-13-4-2-3-5-15(13)18/h2-5,8-9,12,14,16H,6-7,10-11,17H2,1H3. The normalized spacial score (nSPS) is 28.7. The van der Waals surface area contributed by atoms with Crippen molar-refractivity contribution in [3.63, 3.8) is 0 Å². The number of rotatable bonds is 2. The minimum atomic E-state index is 0.582. The molecule has 18 heavy (non-hydrogen) atoms. The van der Waals surface area contributed by atoms with Gasteiger partial charge in [-0.15, -0.1) is 0 Å². The predicted molar refractivity (Wildman–Crippen MR) is 76.5 cm³/mol. The van der Waals surface area contributed by atoms with Crippen LogP contribution in [-0.4, -0.2) is 11.1 Å². The second-order valence-corrected chi connectivity index (χ2v) is 5.76. The Bertz CT molecular complexity index is 529. The van der Waals surface area contributed by atoms with Crippen LogP contribution in [0.4, 0.5) is 0 Å². The van der Waals surface area contributed by atoms with E-state index in [-0.39, 0.29) is 0 Å². The van der Waals surface area contributed by atoms with E-state index < -0.39 is 0 Å². The van der Waals surface area contributed by atoms with Crippen molar-refractivity contribution in [2.24, 2.45) is 17.6 Å². The highest BCUT2D eigenvalue weighted by Crippen LogP contribution is 2.38. The van der Waals surface area contributed by atoms with Crippen LogP contribution in [0, 0.1) is 11.8 Å². The Hall–Kier alpha value is -1.28. The SMILES string of the molecule is CC1CCC(CN)C(n2ccc3ccccc32)C1. The Labute approximate surface area is 109 Å². The zero-order chi connectivity index (χ0) is 12.5. The van der Waals surface area contributed by atoms with Gasteiger partial charge in [-0.05, 0) is 48.7 Å². The Morgan fingerprint density at radius 1 is 1.22 bits per heavy atom. The number of nitrogens with zero attached hydrogens (tertiary/aromatic N) is 1. The summed E-state index contributed by atoms with van der Waals surface area (Å²) in [7, 11) is 0. The van der Waals surface area contributed by atoms with E-state index in [2.05, 4.69) is 48.0 Å². The Morgan fingerprint density at radius 2 is 2.06 bits per heavy atom. The van der Waals surface area contributed by atoms with E-state index in [0.29, 0.717) is 12.0 Å². The second kappa shape index (κ2) is 4.77. The lowest BCUT2D eigenvalue weighted by Crippen LogP contribution is -2.31. The summed E-state index contributed by atoms with van der Waals surface area (Å²) in [6.07, 6.45) is 6.11. The molecule has 1 aromatic carbocycles. The summed E-state index contributed by atoms with van der Waals surface area (Å²) in [5.41, 5.74) is 7.33. The molecular formula is C16H22N2. The van der Waals surface area contributed by atoms with Crippen LogP contribution in [0.3, 0.4) is 0 Å². The van der Waals surface area contributed by atoms with Crippen LogP contribution < -0.4 is 5.73 Å². The molecule has 3 unspecified atom stereocenters. The van der Waals surface area contributed by atoms with E-state index in [1.165, 1.54) is 30.2 Å². The minimum absolute atomic E-state index is 0.582. The molecule has 0 bridgehead atoms. The first-order valence-corrected chi connectivity index (χ1v) is 7.05. The summed E-state index contributed by atoms with van der Waals surface area (Å²) >= 11 is 0. The molecule has 0 amide bonds. The first-order valence-electron chi connectivity index (χ1n) is 7.05. The van der Waals surface area contributed by atoms with Gasteiger partial charge in [0.05, 0.1) is 0 Å². The van der Waals surface area contributed by atoms with E-state index in [9.17, 15) is 0 Å². The fraction of sp³-hybridized carbons (Fsp3) is 0.500. The maximum Gasteiger partial charge on any atom is 0.0482 e. The summed E-state index contributed by atoms with van der Waals surface area (Å²) in [6.45, 7) is 3.18. The molecular weight excluding hydrogens is 220 g/mol. The van der Waals surface area contributed by atoms with E-state index >= 15 is 0 Å². The monoisotopic (exact) mass is 242 g/mol. The summed E-state index contributed by atoms with van der Waals surface area (Å²) in [5.74, 6) is 1.45. The van der Waals surface area contributed by atoms with Crippen molar-refractivity contribution in [1.82, 2.24) is 4.57 Å². The van der Waals surface area contributed by atoms with Crippen LogP contribution in [0.1, 0.15) is 32.2 Å². The van der Waals surface area contributed by atoms with Crippen molar-refractivity contribution < 1.29 is 0 Å². The highest BCUT2D eigenvalue weighted by atomic mass is 15.0. The Kier molecular flexibility index (Phi) is 3.13. The molecule has 3 atom stereocenters. The highest BCUT2D eigenvalue weighted by Gasteiger charge is 2.29. The van der Waals surface area contributed by atoms with Crippen molar-refractivity contribution >= 4 is 10.9 Å². The Morgan fingerprint density at radius 3 is 2.89 bits per heavy atom. The molecule has 1 heterocycles. The van der Waals surface area contributed by atoms with Gasteiger partial charge in [-0.25, -0.2) is 0 Å². The van der Waals surface area contributed by atoms with Gasteiger partial charge in [0, 0.05) is 17.8 Å². The van der Waals surface area contributed by atoms with Crippen LogP contribution in [0.15, 0.2) is 36.5 Å². The van der Waals surface area contributed by atoms with Gasteiger partial charge in [0.25, 0.3) is 0 Å². The quantitative estimate of drug-likeness (QED) is 0.857. The maximum atomic E-state index is 5.98. The minimum Gasteiger partial charge on any atom is -0.344 e. The molecule has 96 valence electrons. The lowest BCUT2D eigenvalue weighted by atomic mass is 9.79. The third-order valence-electron chi connectivity index (χ3n) is 4.51. The van der Waals surface area contributed by atoms with Gasteiger partial charge in [-0.1, -0.05) is 31.5 Å². The van der Waals surface area contributed by atoms with Gasteiger partial charge in [-0.2, -0.15) is 0 Å². The van der Waals surface area contributed by atoms with Crippen LogP contribution >= 0.6 is 0 Å². The molecule has 1 aliphatic carbocycles. The molecule has 3 rings (SSSR count). The molecule has 1 aromatic heterocycles. The molecule has 2 N–H and O–H groups in total. The average Bonchev–Trinajstić information content (AvgIpc) is 2.82. The molecule has 0 spiro atoms. The van der Waals surface area contributed by atoms with Crippen molar-refractivity contribution in [2.45, 2.75) is 32.2 Å². The summed E-state index contributed by atoms with van der Waals surface area (Å²) < 4.78 is 2.46. The third kappa shape index (κ3) is 1.95. The molecule has 1 aliphatic rings. The zero-order valence-corrected chi connectivity index (χ0v) is 11.0. The first kappa shape index (κ1) is 11.8. The molecule has 0 aliphatic heterocycles. The fourth-order valence-corrected chi connectivity index (χ4v) is 3.42. The topological polar surface area (TPSA) is 30.9 Å². The smallest absolute Gasteiger partial charge is 0.0482 e. The second-order valence-electron chi connectivity index (χ2n) is 5.76. The van der Waals surface area contributed by atoms with Crippen molar-refractivity contribution in [3.05, 3.63) is 36.5 Å². The number of nitrogens with two attached hydrogens (primary N) is 1. The van der Waals surface area contributed by atoms with Crippen molar-refractivity contribution in [2.75, 3.05) is 6.54 Å². The number of para-hydroxylation sites is 1. The van der Waals surface area contributed by atoms with Gasteiger partial charge in [0.2, 0.25) is 0 Å². The third-order valence-corrected chi connectivity index (χ3v) is 4.51. The molecule has 0 saturated heterocycles. The van der Waals surface area contributed by atoms with E-state index in [1.807, 2.05) is 0 Å². The molecule has 0 radical (unpaired) electrons. The number of aromatic nitrogens is 1. The number of fused-ring (bicyclic) bond motifs is 1. The molecule has 1 fully saturated rings. The van der Waals surface area contributed by atoms with E-state index in [0.717, 1.165) is 12.5 Å². The Balaban J connectivity index is 2.01. The highest BCUT2D eigenvalue weighted by molar-refractivity contribution is 5.80. The lowest BCUT2D eigenvalue weighted by Gasteiger charge is -2.35. The summed E-state index contributed by atoms with van der Waals surface area (Å²) in [5, 5.41) is 1.34. The lowest BCUT2D eigenvalue weighted by molar-refractivity contribution is 0.202. The van der Waals surface area contributed by atoms with Crippen LogP contribution in [0.25, 0.3) is 10.9 Å². The molecule has 2 heteroatoms. The van der Waals surface area contributed by atoms with Crippen molar-refractivity contribution in [1.29, 1.82) is 0 Å². The largest absolute Gasteiger partial charge is 0.344 e. The van der Waals surface area contributed by atoms with Gasteiger partial charge >= 0.3 is 0 Å². The van der Waals surface area contributed by atoms with Gasteiger partial charge in [0.15, 0.2) is 0 Å². The van der Waals surface area contributed by atoms with Gasteiger partial charge < -0.3 is 10.3 Å². The molecule has 2 aromatic rings. The summed E-state index contributed by atoms with van der Waals surface area (Å²) in [4.78, 5) is 0. The zero-order valence-electron chi connectivity index (χ0n) is 11.0. The molecule has 2 nitrogen and oxygen atoms in total. The van der Waals surface area contributed by atoms with Crippen LogP contribution in [-0.2, 0) is 0 Å². The van der Waals surface area contributed by atoms with E-state index in [4.69, 9.17) is 5.73 Å². The summed E-state index contributed by atoms with van der Waals surface area (Å²) in [6, 6.07) is 11.5. The number of hydrogen-bond donors (Lipinski definition) is 1. The van der Waals surface area contributed by atoms with E-state index in [1.54, 1.807) is 0 Å². The number of hydrogen-bond acceptors (Lipinski definition) is 1. The van der Waals surface area contributed by atoms with Crippen LogP contribution in [0.2, 0.25) is 0 Å². The van der Waals surface area contributed by atoms with Crippen LogP contribution in [0.5, 0.6) is 0 Å². The van der Waals surface area contributed by atoms with Crippen molar-refractivity contribution in [3.8, 4) is 0 Å². The first-order chi connectivity index (χ1) is 8.79. The molecule has 1 saturated carbocycles. The predicted octanol–water partition coefficient (Wildman–Crippen LogP) is 3.58. The fourth-order valence-electron chi connectivity index (χ4n) is 3.42. The van der Waals surface area contributed by atoms with Gasteiger partial charge in [-0.3, -0.25) is 0 Å². The number of benzene rings is 1. The van der Waals surface area contributed by atoms with Gasteiger partial charge in [0.1, 0.15) is 0 Å². The maximum absolute atomic E-state index is 5.98.